The van der Waals surface area contributed by atoms with Gasteiger partial charge >= 0.3 is 5.97 Å². The molecule has 0 aromatic heterocycles. The number of esters is 1. The van der Waals surface area contributed by atoms with E-state index in [1.807, 2.05) is 27.7 Å². The third-order valence-corrected chi connectivity index (χ3v) is 0.977. The van der Waals surface area contributed by atoms with Gasteiger partial charge in [0.15, 0.2) is 0 Å². The van der Waals surface area contributed by atoms with Crippen molar-refractivity contribution >= 4 is 5.97 Å². The van der Waals surface area contributed by atoms with E-state index in [4.69, 9.17) is 10.3 Å². The zero-order valence-electron chi connectivity index (χ0n) is 8.87. The summed E-state index contributed by atoms with van der Waals surface area (Å²) in [6, 6.07) is 0. The van der Waals surface area contributed by atoms with Gasteiger partial charge in [-0.1, -0.05) is 12.5 Å². The molecule has 84 valence electrons. The molecule has 0 unspecified atom stereocenters. The van der Waals surface area contributed by atoms with Crippen molar-refractivity contribution in [3.05, 3.63) is 10.4 Å². The topological polar surface area (TPSA) is 75.1 Å². The number of hydrogen-bond donors (Lipinski definition) is 0. The molecule has 0 saturated heterocycles. The molecule has 5 heteroatoms. The van der Waals surface area contributed by atoms with Gasteiger partial charge in [0.1, 0.15) is 0 Å². The average Bonchev–Trinajstić information content (AvgIpc) is 2.04. The summed E-state index contributed by atoms with van der Waals surface area (Å²) in [6.07, 6.45) is 0. The van der Waals surface area contributed by atoms with Crippen LogP contribution in [-0.2, 0) is 9.53 Å². The lowest BCUT2D eigenvalue weighted by molar-refractivity contribution is -0.152. The van der Waals surface area contributed by atoms with E-state index in [9.17, 15) is 4.79 Å². The summed E-state index contributed by atoms with van der Waals surface area (Å²) >= 11 is 0. The third kappa shape index (κ3) is 13.4. The molecule has 0 saturated carbocycles. The number of nitrogens with zero attached hydrogens (tertiary/aromatic N) is 3. The van der Waals surface area contributed by atoms with E-state index in [2.05, 4.69) is 10.0 Å². The molecule has 0 aliphatic rings. The van der Waals surface area contributed by atoms with Crippen LogP contribution < -0.4 is 0 Å². The molecule has 0 aromatic rings. The van der Waals surface area contributed by atoms with Gasteiger partial charge in [0.25, 0.3) is 0 Å². The molecule has 0 amide bonds. The van der Waals surface area contributed by atoms with Gasteiger partial charge in [0, 0.05) is 12.0 Å². The lowest BCUT2D eigenvalue weighted by Crippen LogP contribution is -2.22. The lowest BCUT2D eigenvalue weighted by atomic mass is 9.97. The minimum atomic E-state index is -0.351. The molecular formula is C9H21N3O2. The Morgan fingerprint density at radius 2 is 1.86 bits per heavy atom. The van der Waals surface area contributed by atoms with Gasteiger partial charge in [-0.15, -0.1) is 0 Å². The maximum absolute atomic E-state index is 10.8. The second-order valence-electron chi connectivity index (χ2n) is 3.26. The first-order valence-electron chi connectivity index (χ1n) is 4.00. The fraction of sp³-hybridized carbons (Fsp3) is 0.889. The van der Waals surface area contributed by atoms with Crippen LogP contribution in [0.3, 0.4) is 0 Å². The monoisotopic (exact) mass is 203 g/mol. The predicted octanol–water partition coefficient (Wildman–Crippen LogP) is 3.16. The van der Waals surface area contributed by atoms with Crippen molar-refractivity contribution in [2.24, 2.45) is 10.5 Å². The van der Waals surface area contributed by atoms with Crippen LogP contribution in [0.15, 0.2) is 5.11 Å². The normalized spacial score (nSPS) is 8.36. The van der Waals surface area contributed by atoms with Gasteiger partial charge in [-0.05, 0) is 33.2 Å². The molecule has 0 aliphatic carbocycles. The summed E-state index contributed by atoms with van der Waals surface area (Å²) in [7, 11) is 1.39. The summed E-state index contributed by atoms with van der Waals surface area (Å²) in [5, 5.41) is 2.92. The third-order valence-electron chi connectivity index (χ3n) is 0.977. The molecule has 0 heterocycles. The quantitative estimate of drug-likeness (QED) is 0.284. The van der Waals surface area contributed by atoms with Crippen molar-refractivity contribution < 1.29 is 9.53 Å². The molecule has 0 aromatic carbocycles. The van der Waals surface area contributed by atoms with Crippen molar-refractivity contribution in [1.82, 2.24) is 0 Å². The second kappa shape index (κ2) is 9.86. The molecule has 0 atom stereocenters. The highest BCUT2D eigenvalue weighted by molar-refractivity contribution is 5.75. The molecule has 0 N–H and O–H groups in total. The summed E-state index contributed by atoms with van der Waals surface area (Å²) < 4.78 is 4.77. The number of carbonyl (C=O) groups is 1. The summed E-state index contributed by atoms with van der Waals surface area (Å²) in [5.41, 5.74) is 6.98. The molecule has 5 nitrogen and oxygen atoms in total. The van der Waals surface area contributed by atoms with Crippen molar-refractivity contribution in [3.63, 3.8) is 0 Å². The first-order valence-corrected chi connectivity index (χ1v) is 4.00. The van der Waals surface area contributed by atoms with Crippen molar-refractivity contribution in [2.75, 3.05) is 13.7 Å². The summed E-state index contributed by atoms with van der Waals surface area (Å²) in [6.45, 7) is 7.79. The first kappa shape index (κ1) is 18.5. The van der Waals surface area contributed by atoms with Gasteiger partial charge in [-0.3, -0.25) is 4.79 Å². The van der Waals surface area contributed by atoms with Gasteiger partial charge in [-0.25, -0.2) is 0 Å². The molecule has 14 heavy (non-hydrogen) atoms. The minimum Gasteiger partial charge on any atom is -0.466 e. The largest absolute Gasteiger partial charge is 0.466 e. The standard InChI is InChI=1S/C7H14O2.CH3N3.CH4/c1-5-9-6(8)7(2,3)4;1-3-4-2;/h5H2,1-4H3;1H3;1H4. The fourth-order valence-electron chi connectivity index (χ4n) is 0.348. The van der Waals surface area contributed by atoms with Crippen LogP contribution in [0.2, 0.25) is 0 Å². The summed E-state index contributed by atoms with van der Waals surface area (Å²) in [5.74, 6) is -0.134. The number of carbonyl (C=O) groups excluding carboxylic acids is 1. The first-order chi connectivity index (χ1) is 5.90. The number of ether oxygens (including phenoxy) is 1. The zero-order chi connectivity index (χ0) is 10.9. The molecule has 0 rings (SSSR count). The van der Waals surface area contributed by atoms with Crippen LogP contribution in [0.1, 0.15) is 35.1 Å². The van der Waals surface area contributed by atoms with Crippen LogP contribution >= 0.6 is 0 Å². The lowest BCUT2D eigenvalue weighted by Gasteiger charge is -2.14. The Bertz CT molecular complexity index is 191. The van der Waals surface area contributed by atoms with E-state index in [-0.39, 0.29) is 18.8 Å². The van der Waals surface area contributed by atoms with Crippen molar-refractivity contribution in [2.45, 2.75) is 35.1 Å². The highest BCUT2D eigenvalue weighted by Crippen LogP contribution is 2.14. The smallest absolute Gasteiger partial charge is 0.311 e. The number of hydrogen-bond acceptors (Lipinski definition) is 3. The molecule has 0 fully saturated rings. The summed E-state index contributed by atoms with van der Waals surface area (Å²) in [4.78, 5) is 13.2. The zero-order valence-corrected chi connectivity index (χ0v) is 8.87. The van der Waals surface area contributed by atoms with Gasteiger partial charge in [0.2, 0.25) is 0 Å². The van der Waals surface area contributed by atoms with Crippen LogP contribution in [-0.4, -0.2) is 19.6 Å². The highest BCUT2D eigenvalue weighted by atomic mass is 16.5. The van der Waals surface area contributed by atoms with Crippen LogP contribution in [0.25, 0.3) is 10.4 Å². The predicted molar refractivity (Wildman–Crippen MR) is 57.9 cm³/mol. The Morgan fingerprint density at radius 3 is 1.93 bits per heavy atom. The van der Waals surface area contributed by atoms with Gasteiger partial charge in [0.05, 0.1) is 12.0 Å². The van der Waals surface area contributed by atoms with Crippen molar-refractivity contribution in [3.8, 4) is 0 Å². The number of rotatable bonds is 1. The highest BCUT2D eigenvalue weighted by Gasteiger charge is 2.21. The second-order valence-corrected chi connectivity index (χ2v) is 3.26. The maximum Gasteiger partial charge on any atom is 0.311 e. The van der Waals surface area contributed by atoms with E-state index >= 15 is 0 Å². The van der Waals surface area contributed by atoms with E-state index in [1.54, 1.807) is 0 Å². The van der Waals surface area contributed by atoms with E-state index in [0.717, 1.165) is 0 Å². The van der Waals surface area contributed by atoms with Crippen LogP contribution in [0.4, 0.5) is 0 Å². The van der Waals surface area contributed by atoms with Gasteiger partial charge < -0.3 is 4.74 Å². The Hall–Kier alpha value is -1.22. The molecular weight excluding hydrogens is 182 g/mol. The minimum absolute atomic E-state index is 0. The molecule has 0 aliphatic heterocycles. The fourth-order valence-corrected chi connectivity index (χ4v) is 0.348. The molecule has 0 spiro atoms. The van der Waals surface area contributed by atoms with E-state index < -0.39 is 0 Å². The maximum atomic E-state index is 10.8. The van der Waals surface area contributed by atoms with Crippen LogP contribution in [0.5, 0.6) is 0 Å². The van der Waals surface area contributed by atoms with E-state index in [1.165, 1.54) is 7.05 Å². The Balaban J connectivity index is -0.000000209. The van der Waals surface area contributed by atoms with E-state index in [0.29, 0.717) is 6.61 Å². The number of azide groups is 1. The van der Waals surface area contributed by atoms with Crippen LogP contribution in [0, 0.1) is 5.41 Å². The molecule has 0 bridgehead atoms. The Labute approximate surface area is 86.1 Å². The Kier molecular flexibility index (Phi) is 13.1. The SMILES string of the molecule is C.CCOC(=O)C(C)(C)C.CN=[N+]=[N-]. The van der Waals surface area contributed by atoms with Gasteiger partial charge in [-0.2, -0.15) is 0 Å². The van der Waals surface area contributed by atoms with Crippen molar-refractivity contribution in [1.29, 1.82) is 0 Å². The average molecular weight is 203 g/mol. The molecule has 0 radical (unpaired) electrons. The Morgan fingerprint density at radius 1 is 1.50 bits per heavy atom.